The highest BCUT2D eigenvalue weighted by Crippen LogP contribution is 2.38. The maximum Gasteiger partial charge on any atom is 0.338 e. The van der Waals surface area contributed by atoms with E-state index in [1.54, 1.807) is 44.1 Å². The van der Waals surface area contributed by atoms with Gasteiger partial charge in [-0.05, 0) is 55.3 Å². The van der Waals surface area contributed by atoms with Gasteiger partial charge in [0.15, 0.2) is 4.80 Å². The lowest BCUT2D eigenvalue weighted by molar-refractivity contribution is -0.139. The lowest BCUT2D eigenvalue weighted by atomic mass is 9.95. The fourth-order valence-electron chi connectivity index (χ4n) is 5.41. The minimum Gasteiger partial charge on any atom is -0.497 e. The number of benzene rings is 3. The van der Waals surface area contributed by atoms with Gasteiger partial charge >= 0.3 is 5.97 Å². The summed E-state index contributed by atoms with van der Waals surface area (Å²) in [6, 6.07) is 21.7. The van der Waals surface area contributed by atoms with Gasteiger partial charge in [-0.1, -0.05) is 69.7 Å². The highest BCUT2D eigenvalue weighted by molar-refractivity contribution is 9.10. The smallest absolute Gasteiger partial charge is 0.338 e. The first kappa shape index (κ1) is 27.9. The van der Waals surface area contributed by atoms with E-state index in [1.165, 1.54) is 4.57 Å². The van der Waals surface area contributed by atoms with Gasteiger partial charge in [0, 0.05) is 10.0 Å². The largest absolute Gasteiger partial charge is 0.497 e. The van der Waals surface area contributed by atoms with E-state index in [9.17, 15) is 14.4 Å². The van der Waals surface area contributed by atoms with Crippen molar-refractivity contribution >= 4 is 50.4 Å². The van der Waals surface area contributed by atoms with Crippen molar-refractivity contribution in [2.45, 2.75) is 26.4 Å². The monoisotopic (exact) mass is 643 g/mol. The minimum absolute atomic E-state index is 0.173. The van der Waals surface area contributed by atoms with E-state index in [-0.39, 0.29) is 22.6 Å². The molecule has 0 saturated heterocycles. The Labute approximate surface area is 254 Å². The predicted octanol–water partition coefficient (Wildman–Crippen LogP) is 4.49. The van der Waals surface area contributed by atoms with E-state index in [0.29, 0.717) is 39.5 Å². The number of halogens is 1. The van der Waals surface area contributed by atoms with Crippen LogP contribution in [0.5, 0.6) is 5.75 Å². The van der Waals surface area contributed by atoms with Crippen LogP contribution in [0.2, 0.25) is 0 Å². The van der Waals surface area contributed by atoms with Crippen molar-refractivity contribution in [3.8, 4) is 5.75 Å². The van der Waals surface area contributed by atoms with Crippen molar-refractivity contribution in [3.63, 3.8) is 0 Å². The number of nitrogens with zero attached hydrogens (tertiary/aromatic N) is 3. The normalized spacial score (nSPS) is 17.1. The van der Waals surface area contributed by atoms with Crippen molar-refractivity contribution < 1.29 is 19.1 Å². The van der Waals surface area contributed by atoms with E-state index in [0.717, 1.165) is 27.1 Å². The molecular formula is C32H26BrN3O5S. The summed E-state index contributed by atoms with van der Waals surface area (Å²) in [5.41, 5.74) is 3.64. The average molecular weight is 645 g/mol. The summed E-state index contributed by atoms with van der Waals surface area (Å²) >= 11 is 4.68. The summed E-state index contributed by atoms with van der Waals surface area (Å²) < 4.78 is 13.4. The lowest BCUT2D eigenvalue weighted by Gasteiger charge is -2.25. The van der Waals surface area contributed by atoms with Crippen LogP contribution in [0, 0.1) is 0 Å². The lowest BCUT2D eigenvalue weighted by Crippen LogP contribution is -2.41. The molecule has 1 amide bonds. The zero-order valence-electron chi connectivity index (χ0n) is 23.1. The summed E-state index contributed by atoms with van der Waals surface area (Å²) in [5, 5.41) is 0. The summed E-state index contributed by atoms with van der Waals surface area (Å²) in [4.78, 5) is 48.5. The molecule has 3 aromatic carbocycles. The van der Waals surface area contributed by atoms with Crippen molar-refractivity contribution in [3.05, 3.63) is 125 Å². The number of rotatable bonds is 6. The summed E-state index contributed by atoms with van der Waals surface area (Å²) in [5.74, 6) is -0.238. The summed E-state index contributed by atoms with van der Waals surface area (Å²) in [7, 11) is 1.56. The number of carbonyl (C=O) groups is 2. The number of aromatic nitrogens is 1. The predicted molar refractivity (Wildman–Crippen MR) is 164 cm³/mol. The number of hydrogen-bond acceptors (Lipinski definition) is 7. The van der Waals surface area contributed by atoms with Gasteiger partial charge in [-0.25, -0.2) is 9.79 Å². The highest BCUT2D eigenvalue weighted by atomic mass is 79.9. The number of thiazole rings is 1. The maximum absolute atomic E-state index is 14.4. The van der Waals surface area contributed by atoms with E-state index in [4.69, 9.17) is 9.47 Å². The van der Waals surface area contributed by atoms with Crippen LogP contribution < -0.4 is 24.5 Å². The third kappa shape index (κ3) is 4.70. The second kappa shape index (κ2) is 11.2. The molecular weight excluding hydrogens is 618 g/mol. The number of amides is 1. The first-order valence-electron chi connectivity index (χ1n) is 13.3. The Morgan fingerprint density at radius 2 is 1.83 bits per heavy atom. The third-order valence-electron chi connectivity index (χ3n) is 7.29. The van der Waals surface area contributed by atoms with Crippen LogP contribution in [0.15, 0.2) is 98.3 Å². The fraction of sp³-hybridized carbons (Fsp3) is 0.188. The van der Waals surface area contributed by atoms with Gasteiger partial charge in [0.05, 0.1) is 48.8 Å². The molecule has 212 valence electrons. The molecule has 4 aromatic rings. The molecule has 2 aliphatic heterocycles. The average Bonchev–Trinajstić information content (AvgIpc) is 3.44. The molecule has 0 fully saturated rings. The Balaban J connectivity index is 1.60. The number of anilines is 1. The molecule has 0 N–H and O–H groups in total. The second-order valence-corrected chi connectivity index (χ2v) is 11.7. The van der Waals surface area contributed by atoms with Crippen LogP contribution in [0.1, 0.15) is 36.6 Å². The van der Waals surface area contributed by atoms with E-state index in [2.05, 4.69) is 20.9 Å². The summed E-state index contributed by atoms with van der Waals surface area (Å²) in [6.45, 7) is 3.99. The van der Waals surface area contributed by atoms with Crippen LogP contribution in [0.3, 0.4) is 0 Å². The van der Waals surface area contributed by atoms with Gasteiger partial charge < -0.3 is 14.4 Å². The molecule has 8 nitrogen and oxygen atoms in total. The Bertz CT molecular complexity index is 1960. The molecule has 0 bridgehead atoms. The molecule has 0 aliphatic carbocycles. The van der Waals surface area contributed by atoms with Gasteiger partial charge in [0.2, 0.25) is 0 Å². The second-order valence-electron chi connectivity index (χ2n) is 9.81. The molecule has 6 rings (SSSR count). The number of ether oxygens (including phenoxy) is 2. The molecule has 3 heterocycles. The molecule has 0 unspecified atom stereocenters. The van der Waals surface area contributed by atoms with E-state index in [1.807, 2.05) is 54.6 Å². The molecule has 2 aliphatic rings. The Morgan fingerprint density at radius 3 is 2.57 bits per heavy atom. The zero-order valence-corrected chi connectivity index (χ0v) is 25.5. The number of allylic oxidation sites excluding steroid dienone is 1. The molecule has 42 heavy (non-hydrogen) atoms. The van der Waals surface area contributed by atoms with Crippen LogP contribution in [-0.4, -0.2) is 30.2 Å². The topological polar surface area (TPSA) is 90.2 Å². The van der Waals surface area contributed by atoms with Crippen molar-refractivity contribution in [2.75, 3.05) is 18.6 Å². The van der Waals surface area contributed by atoms with E-state index < -0.39 is 17.6 Å². The van der Waals surface area contributed by atoms with Crippen molar-refractivity contribution in [1.82, 2.24) is 4.57 Å². The van der Waals surface area contributed by atoms with Crippen molar-refractivity contribution in [1.29, 1.82) is 0 Å². The quantitative estimate of drug-likeness (QED) is 0.289. The van der Waals surface area contributed by atoms with Gasteiger partial charge in [0.25, 0.3) is 11.5 Å². The number of esters is 1. The fourth-order valence-corrected chi connectivity index (χ4v) is 6.91. The minimum atomic E-state index is -0.816. The standard InChI is InChI=1S/C32H26BrN3O5S/c1-4-41-31(39)25-18(2)34-32-36(27(25)20-11-8-12-22(15-20)40-3)30(38)28(42-32)26-23-16-21(33)13-14-24(23)35(29(26)37)17-19-9-6-5-7-10-19/h5-16,27H,4,17H2,1-3H3/b28-26-/t27-/m1/s1. The number of methoxy groups -OCH3 is 1. The maximum atomic E-state index is 14.4. The highest BCUT2D eigenvalue weighted by Gasteiger charge is 2.37. The molecule has 1 aromatic heterocycles. The first-order chi connectivity index (χ1) is 20.3. The Morgan fingerprint density at radius 1 is 1.05 bits per heavy atom. The molecule has 10 heteroatoms. The van der Waals surface area contributed by atoms with Gasteiger partial charge in [-0.15, -0.1) is 0 Å². The Kier molecular flexibility index (Phi) is 7.42. The van der Waals surface area contributed by atoms with Gasteiger partial charge in [-0.3, -0.25) is 14.2 Å². The van der Waals surface area contributed by atoms with Crippen LogP contribution in [0.25, 0.3) is 5.57 Å². The summed E-state index contributed by atoms with van der Waals surface area (Å²) in [6.07, 6.45) is 0. The van der Waals surface area contributed by atoms with Gasteiger partial charge in [0.1, 0.15) is 10.3 Å². The number of carbonyl (C=O) groups excluding carboxylic acids is 2. The first-order valence-corrected chi connectivity index (χ1v) is 14.9. The zero-order chi connectivity index (χ0) is 29.5. The van der Waals surface area contributed by atoms with Crippen LogP contribution in [-0.2, 0) is 20.9 Å². The van der Waals surface area contributed by atoms with Crippen LogP contribution in [0.4, 0.5) is 5.69 Å². The third-order valence-corrected chi connectivity index (χ3v) is 8.84. The molecule has 1 atom stereocenters. The van der Waals surface area contributed by atoms with Gasteiger partial charge in [-0.2, -0.15) is 0 Å². The molecule has 0 radical (unpaired) electrons. The van der Waals surface area contributed by atoms with Crippen molar-refractivity contribution in [2.24, 2.45) is 4.99 Å². The SMILES string of the molecule is CCOC(=O)C1=C(C)N=c2s/c(=C3\C(=O)N(Cc4ccccc4)c4ccc(Br)cc43)c(=O)n2[C@@H]1c1cccc(OC)c1. The van der Waals surface area contributed by atoms with Crippen LogP contribution >= 0.6 is 27.3 Å². The Hall–Kier alpha value is -4.28. The number of hydrogen-bond donors (Lipinski definition) is 0. The molecule has 0 spiro atoms. The molecule has 0 saturated carbocycles. The van der Waals surface area contributed by atoms with E-state index >= 15 is 0 Å². The number of fused-ring (bicyclic) bond motifs is 2.